The average molecular weight is 474 g/mol. The number of ketones is 1. The maximum Gasteiger partial charge on any atom is 0.416 e. The highest BCUT2D eigenvalue weighted by Gasteiger charge is 2.39. The van der Waals surface area contributed by atoms with Gasteiger partial charge in [-0.05, 0) is 80.6 Å². The van der Waals surface area contributed by atoms with Crippen LogP contribution in [0.5, 0.6) is 0 Å². The number of halogens is 5. The molecule has 0 heterocycles. The van der Waals surface area contributed by atoms with Crippen molar-refractivity contribution in [1.82, 2.24) is 5.32 Å². The van der Waals surface area contributed by atoms with Gasteiger partial charge in [0.15, 0.2) is 5.78 Å². The fourth-order valence-corrected chi connectivity index (χ4v) is 4.21. The number of ether oxygens (including phenoxy) is 1. The molecule has 8 heteroatoms. The van der Waals surface area contributed by atoms with Gasteiger partial charge in [-0.3, -0.25) is 4.79 Å². The van der Waals surface area contributed by atoms with Crippen LogP contribution in [0.25, 0.3) is 0 Å². The second-order valence-corrected chi connectivity index (χ2v) is 8.04. The molecule has 0 radical (unpaired) electrons. The van der Waals surface area contributed by atoms with E-state index in [-0.39, 0.29) is 30.0 Å². The van der Waals surface area contributed by atoms with Gasteiger partial charge in [-0.1, -0.05) is 12.1 Å². The number of carbonyl (C=O) groups is 1. The van der Waals surface area contributed by atoms with Crippen LogP contribution in [0.4, 0.5) is 17.6 Å². The van der Waals surface area contributed by atoms with Gasteiger partial charge in [-0.2, -0.15) is 13.2 Å². The number of nitrogens with one attached hydrogen (secondary N) is 1. The molecule has 0 unspecified atom stereocenters. The predicted octanol–water partition coefficient (Wildman–Crippen LogP) is 6.30. The zero-order valence-electron chi connectivity index (χ0n) is 17.9. The Labute approximate surface area is 192 Å². The summed E-state index contributed by atoms with van der Waals surface area (Å²) in [6, 6.07) is 11.2. The Kier molecular flexibility index (Phi) is 9.25. The minimum absolute atomic E-state index is 0. The van der Waals surface area contributed by atoms with E-state index in [9.17, 15) is 22.4 Å². The zero-order chi connectivity index (χ0) is 22.5. The second kappa shape index (κ2) is 11.3. The number of hydrogen-bond donors (Lipinski definition) is 1. The Hall–Kier alpha value is -1.96. The summed E-state index contributed by atoms with van der Waals surface area (Å²) < 4.78 is 57.9. The third-order valence-corrected chi connectivity index (χ3v) is 6.08. The van der Waals surface area contributed by atoms with Crippen molar-refractivity contribution in [2.75, 3.05) is 13.7 Å². The standard InChI is InChI=1S/C24H27F4NO2.ClH/c1-31-23(18-4-2-5-19(16-18)24(26,27)28)13-11-21(12-14-23)29-15-3-6-22(30)17-7-9-20(25)10-8-17;/h2,4-5,7-10,16,21,29H,3,6,11-15H2,1H3;1H/t21-,23-;. The molecule has 0 amide bonds. The molecule has 176 valence electrons. The lowest BCUT2D eigenvalue weighted by molar-refractivity contribution is -0.137. The summed E-state index contributed by atoms with van der Waals surface area (Å²) in [5.74, 6) is -0.388. The van der Waals surface area contributed by atoms with E-state index < -0.39 is 17.3 Å². The van der Waals surface area contributed by atoms with Crippen LogP contribution < -0.4 is 5.32 Å². The summed E-state index contributed by atoms with van der Waals surface area (Å²) in [6.07, 6.45) is -0.553. The molecule has 1 saturated carbocycles. The maximum absolute atomic E-state index is 13.1. The summed E-state index contributed by atoms with van der Waals surface area (Å²) >= 11 is 0. The van der Waals surface area contributed by atoms with Gasteiger partial charge in [0.1, 0.15) is 5.82 Å². The van der Waals surface area contributed by atoms with E-state index in [1.54, 1.807) is 13.2 Å². The number of alkyl halides is 3. The Morgan fingerprint density at radius 2 is 1.78 bits per heavy atom. The minimum Gasteiger partial charge on any atom is -0.374 e. The lowest BCUT2D eigenvalue weighted by Crippen LogP contribution is -2.41. The highest BCUT2D eigenvalue weighted by Crippen LogP contribution is 2.42. The lowest BCUT2D eigenvalue weighted by atomic mass is 9.77. The quantitative estimate of drug-likeness (QED) is 0.277. The van der Waals surface area contributed by atoms with Crippen LogP contribution in [0.3, 0.4) is 0 Å². The second-order valence-electron chi connectivity index (χ2n) is 8.04. The number of rotatable bonds is 8. The van der Waals surface area contributed by atoms with Crippen LogP contribution in [-0.4, -0.2) is 25.5 Å². The summed E-state index contributed by atoms with van der Waals surface area (Å²) in [7, 11) is 1.55. The fourth-order valence-electron chi connectivity index (χ4n) is 4.21. The van der Waals surface area contributed by atoms with E-state index in [0.717, 1.165) is 18.9 Å². The van der Waals surface area contributed by atoms with Crippen molar-refractivity contribution >= 4 is 18.2 Å². The van der Waals surface area contributed by atoms with Crippen molar-refractivity contribution in [2.45, 2.75) is 56.3 Å². The van der Waals surface area contributed by atoms with E-state index in [2.05, 4.69) is 5.32 Å². The van der Waals surface area contributed by atoms with Crippen LogP contribution in [0.15, 0.2) is 48.5 Å². The number of hydrogen-bond acceptors (Lipinski definition) is 3. The molecule has 2 aromatic rings. The van der Waals surface area contributed by atoms with Crippen LogP contribution in [-0.2, 0) is 16.5 Å². The Balaban J connectivity index is 0.00000363. The summed E-state index contributed by atoms with van der Waals surface area (Å²) in [5, 5.41) is 3.44. The first-order chi connectivity index (χ1) is 14.7. The molecule has 1 N–H and O–H groups in total. The minimum atomic E-state index is -4.38. The Bertz CT molecular complexity index is 878. The van der Waals surface area contributed by atoms with E-state index in [1.807, 2.05) is 0 Å². The van der Waals surface area contributed by atoms with Gasteiger partial charge in [0.05, 0.1) is 11.2 Å². The van der Waals surface area contributed by atoms with Gasteiger partial charge in [-0.15, -0.1) is 12.4 Å². The first-order valence-corrected chi connectivity index (χ1v) is 10.5. The first kappa shape index (κ1) is 26.3. The van der Waals surface area contributed by atoms with Gasteiger partial charge in [-0.25, -0.2) is 4.39 Å². The molecular weight excluding hydrogens is 446 g/mol. The predicted molar refractivity (Wildman–Crippen MR) is 118 cm³/mol. The molecule has 0 spiro atoms. The van der Waals surface area contributed by atoms with Crippen LogP contribution in [0, 0.1) is 5.82 Å². The van der Waals surface area contributed by atoms with E-state index in [4.69, 9.17) is 4.74 Å². The Morgan fingerprint density at radius 3 is 2.38 bits per heavy atom. The van der Waals surface area contributed by atoms with Crippen LogP contribution in [0.2, 0.25) is 0 Å². The molecule has 0 aliphatic heterocycles. The van der Waals surface area contributed by atoms with Crippen molar-refractivity contribution in [1.29, 1.82) is 0 Å². The molecule has 3 nitrogen and oxygen atoms in total. The van der Waals surface area contributed by atoms with Gasteiger partial charge >= 0.3 is 6.18 Å². The summed E-state index contributed by atoms with van der Waals surface area (Å²) in [5.41, 5.74) is -0.302. The van der Waals surface area contributed by atoms with Crippen molar-refractivity contribution in [3.63, 3.8) is 0 Å². The van der Waals surface area contributed by atoms with Crippen molar-refractivity contribution in [2.24, 2.45) is 0 Å². The van der Waals surface area contributed by atoms with Gasteiger partial charge in [0.2, 0.25) is 0 Å². The molecule has 2 aromatic carbocycles. The third kappa shape index (κ3) is 6.53. The number of Topliss-reactive ketones (excluding diaryl/α,β-unsaturated/α-hetero) is 1. The van der Waals surface area contributed by atoms with Crippen molar-refractivity contribution in [3.05, 3.63) is 71.0 Å². The molecule has 3 rings (SSSR count). The fraction of sp³-hybridized carbons (Fsp3) is 0.458. The van der Waals surface area contributed by atoms with Gasteiger partial charge < -0.3 is 10.1 Å². The van der Waals surface area contributed by atoms with Gasteiger partial charge in [0.25, 0.3) is 0 Å². The largest absolute Gasteiger partial charge is 0.416 e. The molecule has 0 saturated heterocycles. The topological polar surface area (TPSA) is 38.3 Å². The number of benzene rings is 2. The van der Waals surface area contributed by atoms with E-state index >= 15 is 0 Å². The molecule has 0 atom stereocenters. The van der Waals surface area contributed by atoms with E-state index in [0.29, 0.717) is 43.4 Å². The molecule has 1 fully saturated rings. The maximum atomic E-state index is 13.1. The summed E-state index contributed by atoms with van der Waals surface area (Å²) in [4.78, 5) is 12.1. The highest BCUT2D eigenvalue weighted by molar-refractivity contribution is 5.95. The lowest BCUT2D eigenvalue weighted by Gasteiger charge is -2.40. The zero-order valence-corrected chi connectivity index (χ0v) is 18.7. The third-order valence-electron chi connectivity index (χ3n) is 6.08. The molecule has 1 aliphatic rings. The van der Waals surface area contributed by atoms with Crippen molar-refractivity contribution in [3.8, 4) is 0 Å². The average Bonchev–Trinajstić information content (AvgIpc) is 2.77. The molecular formula is C24H28ClF4NO2. The molecule has 1 aliphatic carbocycles. The monoisotopic (exact) mass is 473 g/mol. The Morgan fingerprint density at radius 1 is 1.12 bits per heavy atom. The van der Waals surface area contributed by atoms with Gasteiger partial charge in [0, 0.05) is 25.1 Å². The van der Waals surface area contributed by atoms with Crippen LogP contribution >= 0.6 is 12.4 Å². The molecule has 0 bridgehead atoms. The SMILES string of the molecule is CO[C@]1(c2cccc(C(F)(F)F)c2)CC[C@@H](NCCCC(=O)c2ccc(F)cc2)CC1.Cl. The number of carbonyl (C=O) groups excluding carboxylic acids is 1. The number of methoxy groups -OCH3 is 1. The normalized spacial score (nSPS) is 21.1. The van der Waals surface area contributed by atoms with E-state index in [1.165, 1.54) is 36.4 Å². The summed E-state index contributed by atoms with van der Waals surface area (Å²) in [6.45, 7) is 0.668. The van der Waals surface area contributed by atoms with Crippen LogP contribution in [0.1, 0.15) is 60.0 Å². The van der Waals surface area contributed by atoms with Crippen molar-refractivity contribution < 1.29 is 27.1 Å². The first-order valence-electron chi connectivity index (χ1n) is 10.5. The molecule has 32 heavy (non-hydrogen) atoms. The highest BCUT2D eigenvalue weighted by atomic mass is 35.5. The smallest absolute Gasteiger partial charge is 0.374 e. The molecule has 0 aromatic heterocycles.